The molecule has 0 rings (SSSR count). The van der Waals surface area contributed by atoms with Crippen LogP contribution in [0, 0.1) is 0 Å². The lowest BCUT2D eigenvalue weighted by molar-refractivity contribution is 0.667. The molecule has 4 N–H and O–H groups in total. The van der Waals surface area contributed by atoms with Gasteiger partial charge in [-0.25, -0.2) is 0 Å². The van der Waals surface area contributed by atoms with Crippen molar-refractivity contribution in [3.63, 3.8) is 0 Å². The average Bonchev–Trinajstić information content (AvgIpc) is 1.31. The van der Waals surface area contributed by atoms with Gasteiger partial charge in [-0.05, 0) is 6.92 Å². The largest absolute Gasteiger partial charge is 0.314 e. The molecule has 0 bridgehead atoms. The molecule has 0 amide bonds. The molecule has 0 aliphatic carbocycles. The van der Waals surface area contributed by atoms with E-state index in [4.69, 9.17) is 11.5 Å². The number of nitrogens with two attached hydrogens (primary N) is 2. The van der Waals surface area contributed by atoms with E-state index in [-0.39, 0.29) is 0 Å². The third-order valence-corrected chi connectivity index (χ3v) is 1.23. The van der Waals surface area contributed by atoms with Gasteiger partial charge in [-0.15, -0.1) is 0 Å². The molecule has 44 valence electrons. The van der Waals surface area contributed by atoms with Crippen molar-refractivity contribution in [1.29, 1.82) is 0 Å². The average molecular weight is 138 g/mol. The minimum absolute atomic E-state index is 0.473. The number of thiol groups is 2. The predicted octanol–water partition coefficient (Wildman–Crippen LogP) is -0.194. The molecule has 7 heavy (non-hydrogen) atoms. The molecular weight excluding hydrogens is 128 g/mol. The maximum atomic E-state index is 5.19. The summed E-state index contributed by atoms with van der Waals surface area (Å²) in [7, 11) is 0. The van der Waals surface area contributed by atoms with Gasteiger partial charge in [0.1, 0.15) is 0 Å². The van der Waals surface area contributed by atoms with Crippen LogP contribution in [0.25, 0.3) is 0 Å². The maximum Gasteiger partial charge on any atom is 0.0803 e. The van der Waals surface area contributed by atoms with Gasteiger partial charge in [0.15, 0.2) is 0 Å². The highest BCUT2D eigenvalue weighted by Gasteiger charge is 2.17. The second kappa shape index (κ2) is 2.26. The molecule has 0 spiro atoms. The minimum atomic E-state index is -0.556. The Hall–Kier alpha value is 0.620. The molecule has 0 aliphatic rings. The van der Waals surface area contributed by atoms with Crippen molar-refractivity contribution < 1.29 is 0 Å². The standard InChI is InChI=1S/C3H10N2S2/c1-3(6,7)2(4)5/h2,6-7H,4-5H2,1H3. The van der Waals surface area contributed by atoms with Gasteiger partial charge in [-0.1, -0.05) is 0 Å². The second-order valence-electron chi connectivity index (χ2n) is 1.62. The predicted molar refractivity (Wildman–Crippen MR) is 38.5 cm³/mol. The smallest absolute Gasteiger partial charge is 0.0803 e. The first-order chi connectivity index (χ1) is 2.94. The Labute approximate surface area is 54.5 Å². The lowest BCUT2D eigenvalue weighted by atomic mass is 10.4. The van der Waals surface area contributed by atoms with E-state index >= 15 is 0 Å². The highest BCUT2D eigenvalue weighted by atomic mass is 32.2. The molecule has 0 aromatic heterocycles. The van der Waals surface area contributed by atoms with Crippen LogP contribution in [0.5, 0.6) is 0 Å². The SMILES string of the molecule is CC(S)(S)C(N)N. The van der Waals surface area contributed by atoms with E-state index in [2.05, 4.69) is 25.3 Å². The fourth-order valence-corrected chi connectivity index (χ4v) is 0. The molecule has 0 aromatic carbocycles. The number of hydrogen-bond donors (Lipinski definition) is 4. The third kappa shape index (κ3) is 3.22. The van der Waals surface area contributed by atoms with E-state index in [1.165, 1.54) is 0 Å². The quantitative estimate of drug-likeness (QED) is 0.300. The van der Waals surface area contributed by atoms with Crippen molar-refractivity contribution in [2.45, 2.75) is 17.2 Å². The Morgan fingerprint density at radius 2 is 1.57 bits per heavy atom. The van der Waals surface area contributed by atoms with E-state index in [9.17, 15) is 0 Å². The Morgan fingerprint density at radius 1 is 1.43 bits per heavy atom. The summed E-state index contributed by atoms with van der Waals surface area (Å²) in [6.45, 7) is 1.74. The molecule has 2 nitrogen and oxygen atoms in total. The van der Waals surface area contributed by atoms with E-state index < -0.39 is 10.2 Å². The Bertz CT molecular complexity index is 56.4. The Morgan fingerprint density at radius 3 is 1.57 bits per heavy atom. The molecule has 0 saturated heterocycles. The highest BCUT2D eigenvalue weighted by Crippen LogP contribution is 2.17. The van der Waals surface area contributed by atoms with Crippen molar-refractivity contribution in [3.8, 4) is 0 Å². The van der Waals surface area contributed by atoms with Crippen LogP contribution in [0.1, 0.15) is 6.92 Å². The molecule has 0 atom stereocenters. The summed E-state index contributed by atoms with van der Waals surface area (Å²) in [5, 5.41) is 0. The number of hydrogen-bond acceptors (Lipinski definition) is 4. The summed E-state index contributed by atoms with van der Waals surface area (Å²) >= 11 is 7.93. The van der Waals surface area contributed by atoms with Crippen LogP contribution >= 0.6 is 25.3 Å². The summed E-state index contributed by atoms with van der Waals surface area (Å²) in [6.07, 6.45) is -0.473. The van der Waals surface area contributed by atoms with Crippen molar-refractivity contribution in [2.24, 2.45) is 11.5 Å². The van der Waals surface area contributed by atoms with E-state index in [0.29, 0.717) is 0 Å². The van der Waals surface area contributed by atoms with Crippen LogP contribution in [0.3, 0.4) is 0 Å². The molecular formula is C3H10N2S2. The molecule has 0 heterocycles. The van der Waals surface area contributed by atoms with Gasteiger partial charge in [-0.3, -0.25) is 0 Å². The zero-order chi connectivity index (χ0) is 6.08. The molecule has 0 unspecified atom stereocenters. The minimum Gasteiger partial charge on any atom is -0.314 e. The first-order valence-electron chi connectivity index (χ1n) is 1.90. The summed E-state index contributed by atoms with van der Waals surface area (Å²) in [6, 6.07) is 0. The zero-order valence-corrected chi connectivity index (χ0v) is 5.92. The van der Waals surface area contributed by atoms with E-state index in [0.717, 1.165) is 0 Å². The van der Waals surface area contributed by atoms with Gasteiger partial charge >= 0.3 is 0 Å². The maximum absolute atomic E-state index is 5.19. The summed E-state index contributed by atoms with van der Waals surface area (Å²) < 4.78 is -0.556. The molecule has 0 aliphatic heterocycles. The van der Waals surface area contributed by atoms with Gasteiger partial charge in [0, 0.05) is 0 Å². The van der Waals surface area contributed by atoms with Crippen LogP contribution in [0.4, 0.5) is 0 Å². The second-order valence-corrected chi connectivity index (χ2v) is 3.83. The van der Waals surface area contributed by atoms with Crippen molar-refractivity contribution in [3.05, 3.63) is 0 Å². The first-order valence-corrected chi connectivity index (χ1v) is 2.80. The highest BCUT2D eigenvalue weighted by molar-refractivity contribution is 8.00. The number of rotatable bonds is 1. The fraction of sp³-hybridized carbons (Fsp3) is 1.00. The van der Waals surface area contributed by atoms with E-state index in [1.807, 2.05) is 0 Å². The molecule has 0 saturated carbocycles. The molecule has 0 fully saturated rings. The third-order valence-electron chi connectivity index (χ3n) is 0.631. The van der Waals surface area contributed by atoms with Gasteiger partial charge in [-0.2, -0.15) is 25.3 Å². The molecule has 0 radical (unpaired) electrons. The van der Waals surface area contributed by atoms with Crippen LogP contribution in [0.15, 0.2) is 0 Å². The van der Waals surface area contributed by atoms with Gasteiger partial charge in [0.25, 0.3) is 0 Å². The van der Waals surface area contributed by atoms with E-state index in [1.54, 1.807) is 6.92 Å². The molecule has 4 heteroatoms. The van der Waals surface area contributed by atoms with Crippen molar-refractivity contribution in [1.82, 2.24) is 0 Å². The topological polar surface area (TPSA) is 52.0 Å². The summed E-state index contributed by atoms with van der Waals surface area (Å²) in [4.78, 5) is 0. The zero-order valence-electron chi connectivity index (χ0n) is 4.13. The monoisotopic (exact) mass is 138 g/mol. The van der Waals surface area contributed by atoms with Crippen LogP contribution < -0.4 is 11.5 Å². The fourth-order valence-electron chi connectivity index (χ4n) is 0. The van der Waals surface area contributed by atoms with Crippen LogP contribution in [-0.2, 0) is 0 Å². The molecule has 0 aromatic rings. The van der Waals surface area contributed by atoms with Gasteiger partial charge in [0.2, 0.25) is 0 Å². The summed E-state index contributed by atoms with van der Waals surface area (Å²) in [5.41, 5.74) is 10.4. The first kappa shape index (κ1) is 7.62. The van der Waals surface area contributed by atoms with Crippen LogP contribution in [-0.4, -0.2) is 10.2 Å². The van der Waals surface area contributed by atoms with Crippen molar-refractivity contribution in [2.75, 3.05) is 0 Å². The van der Waals surface area contributed by atoms with Crippen molar-refractivity contribution >= 4 is 25.3 Å². The van der Waals surface area contributed by atoms with Gasteiger partial charge < -0.3 is 11.5 Å². The summed E-state index contributed by atoms with van der Waals surface area (Å²) in [5.74, 6) is 0. The lowest BCUT2D eigenvalue weighted by Crippen LogP contribution is -2.44. The normalized spacial score (nSPS) is 12.9. The van der Waals surface area contributed by atoms with Crippen LogP contribution in [0.2, 0.25) is 0 Å². The van der Waals surface area contributed by atoms with Gasteiger partial charge in [0.05, 0.1) is 10.2 Å². The Kier molecular flexibility index (Phi) is 2.46. The Balaban J connectivity index is 3.54. The lowest BCUT2D eigenvalue weighted by Gasteiger charge is -2.19.